The van der Waals surface area contributed by atoms with Gasteiger partial charge in [0.25, 0.3) is 5.91 Å². The molecular weight excluding hydrogens is 799 g/mol. The van der Waals surface area contributed by atoms with Gasteiger partial charge in [-0.05, 0) is 92.2 Å². The Morgan fingerprint density at radius 3 is 2.42 bits per heavy atom. The zero-order valence-electron chi connectivity index (χ0n) is 33.9. The molecule has 4 aliphatic rings. The number of fused-ring (bicyclic) bond motifs is 1. The number of aryl methyl sites for hydroxylation is 1. The second-order valence-electron chi connectivity index (χ2n) is 17.4. The number of rotatable bonds is 10. The smallest absolute Gasteiger partial charge is 0.338 e. The standard InChI is InChI=1S/C44H47N9O5S2/c1-24(2)37(42(55)52-22-51(57)23-53(52)43(56)46-25(3)27-9-13-29(14-10-27)39-26(4)45-21-59-39)35-16-36(49-58-35)50-19-44(20-50)17-30(18-44)40-38(28-11-12-28)32-15-33(47-48-41(32)60-40)31-7-5-6-8-34(31)54/h5-10,13-16,21,24-25,28,30,37,54,57H,11-12,17-20,22-23H2,1-4H3,(H,46,56)/t25-,37+/m0/s1. The first-order valence-corrected chi connectivity index (χ1v) is 22.3. The average molecular weight is 846 g/mol. The molecule has 6 heterocycles. The van der Waals surface area contributed by atoms with E-state index in [1.807, 2.05) is 81.7 Å². The van der Waals surface area contributed by atoms with Crippen molar-refractivity contribution in [2.75, 3.05) is 31.3 Å². The molecule has 14 nitrogen and oxygen atoms in total. The van der Waals surface area contributed by atoms with Crippen LogP contribution in [0.25, 0.3) is 31.9 Å². The molecule has 2 aliphatic heterocycles. The number of phenolic OH excluding ortho intramolecular Hbond substituents is 1. The summed E-state index contributed by atoms with van der Waals surface area (Å²) in [5.41, 5.74) is 7.81. The summed E-state index contributed by atoms with van der Waals surface area (Å²) in [6.45, 7) is 9.16. The predicted molar refractivity (Wildman–Crippen MR) is 228 cm³/mol. The van der Waals surface area contributed by atoms with E-state index < -0.39 is 11.9 Å². The second-order valence-corrected chi connectivity index (χ2v) is 19.3. The molecule has 4 fully saturated rings. The lowest BCUT2D eigenvalue weighted by atomic mass is 9.57. The van der Waals surface area contributed by atoms with Crippen LogP contribution in [-0.2, 0) is 4.79 Å². The Labute approximate surface area is 355 Å². The van der Waals surface area contributed by atoms with Crippen molar-refractivity contribution in [2.24, 2.45) is 11.3 Å². The molecule has 2 aliphatic carbocycles. The van der Waals surface area contributed by atoms with E-state index in [9.17, 15) is 19.9 Å². The number of thiophene rings is 1. The van der Waals surface area contributed by atoms with E-state index in [-0.39, 0.29) is 42.4 Å². The Balaban J connectivity index is 0.787. The third kappa shape index (κ3) is 6.88. The van der Waals surface area contributed by atoms with Crippen molar-refractivity contribution < 1.29 is 24.4 Å². The molecular formula is C44H47N9O5S2. The number of benzene rings is 2. The quantitative estimate of drug-likeness (QED) is 0.121. The lowest BCUT2D eigenvalue weighted by Crippen LogP contribution is -2.62. The number of thiazole rings is 1. The van der Waals surface area contributed by atoms with Crippen molar-refractivity contribution >= 4 is 50.6 Å². The topological polar surface area (TPSA) is 164 Å². The van der Waals surface area contributed by atoms with Gasteiger partial charge in [0.2, 0.25) is 0 Å². The van der Waals surface area contributed by atoms with E-state index in [2.05, 4.69) is 36.6 Å². The van der Waals surface area contributed by atoms with Crippen LogP contribution in [0.15, 0.2) is 70.7 Å². The van der Waals surface area contributed by atoms with Crippen molar-refractivity contribution in [1.29, 1.82) is 0 Å². The zero-order chi connectivity index (χ0) is 41.4. The van der Waals surface area contributed by atoms with Gasteiger partial charge in [0, 0.05) is 40.4 Å². The highest BCUT2D eigenvalue weighted by Gasteiger charge is 2.55. The average Bonchev–Trinajstić information content (AvgIpc) is 3.49. The number of aromatic hydroxyl groups is 1. The summed E-state index contributed by atoms with van der Waals surface area (Å²) >= 11 is 3.37. The molecule has 2 aromatic carbocycles. The highest BCUT2D eigenvalue weighted by Crippen LogP contribution is 2.61. The fourth-order valence-electron chi connectivity index (χ4n) is 9.40. The monoisotopic (exact) mass is 845 g/mol. The van der Waals surface area contributed by atoms with Crippen LogP contribution < -0.4 is 10.2 Å². The highest BCUT2D eigenvalue weighted by atomic mass is 32.1. The van der Waals surface area contributed by atoms with E-state index in [1.54, 1.807) is 28.7 Å². The molecule has 4 aromatic heterocycles. The maximum atomic E-state index is 14.3. The number of carbonyl (C=O) groups excluding carboxylic acids is 2. The summed E-state index contributed by atoms with van der Waals surface area (Å²) in [5, 5.41) is 42.2. The number of nitrogens with zero attached hydrogens (tertiary/aromatic N) is 8. The molecule has 3 amide bonds. The number of carbonyl (C=O) groups is 2. The predicted octanol–water partition coefficient (Wildman–Crippen LogP) is 8.62. The number of para-hydroxylation sites is 1. The van der Waals surface area contributed by atoms with Crippen LogP contribution in [-0.4, -0.2) is 84.1 Å². The first kappa shape index (κ1) is 38.8. The Hall–Kier alpha value is -5.42. The maximum absolute atomic E-state index is 14.3. The first-order chi connectivity index (χ1) is 28.9. The Kier molecular flexibility index (Phi) is 9.65. The summed E-state index contributed by atoms with van der Waals surface area (Å²) in [4.78, 5) is 38.0. The largest absolute Gasteiger partial charge is 0.507 e. The minimum absolute atomic E-state index is 0.157. The summed E-state index contributed by atoms with van der Waals surface area (Å²) < 4.78 is 5.89. The lowest BCUT2D eigenvalue weighted by molar-refractivity contribution is -0.145. The van der Waals surface area contributed by atoms with Crippen molar-refractivity contribution in [1.82, 2.24) is 40.7 Å². The molecule has 10 rings (SSSR count). The number of urea groups is 1. The molecule has 2 saturated heterocycles. The second kappa shape index (κ2) is 14.9. The Morgan fingerprint density at radius 1 is 0.967 bits per heavy atom. The summed E-state index contributed by atoms with van der Waals surface area (Å²) in [5.74, 6) is 1.12. The normalized spacial score (nSPS) is 18.9. The third-order valence-corrected chi connectivity index (χ3v) is 14.9. The molecule has 2 saturated carbocycles. The van der Waals surface area contributed by atoms with Gasteiger partial charge in [-0.15, -0.1) is 37.9 Å². The molecule has 0 radical (unpaired) electrons. The van der Waals surface area contributed by atoms with Gasteiger partial charge in [-0.2, -0.15) is 0 Å². The van der Waals surface area contributed by atoms with Gasteiger partial charge in [-0.25, -0.2) is 19.8 Å². The zero-order valence-corrected chi connectivity index (χ0v) is 35.5. The van der Waals surface area contributed by atoms with Gasteiger partial charge in [-0.3, -0.25) is 4.79 Å². The minimum atomic E-state index is -0.722. The maximum Gasteiger partial charge on any atom is 0.338 e. The van der Waals surface area contributed by atoms with Crippen LogP contribution in [0.3, 0.4) is 0 Å². The highest BCUT2D eigenvalue weighted by molar-refractivity contribution is 7.19. The molecule has 16 heteroatoms. The van der Waals surface area contributed by atoms with Gasteiger partial charge in [0.1, 0.15) is 29.8 Å². The fourth-order valence-corrected chi connectivity index (χ4v) is 11.5. The van der Waals surface area contributed by atoms with Crippen LogP contribution in [0, 0.1) is 18.3 Å². The molecule has 2 atom stereocenters. The number of amides is 3. The van der Waals surface area contributed by atoms with Crippen molar-refractivity contribution in [3.63, 3.8) is 0 Å². The van der Waals surface area contributed by atoms with Crippen LogP contribution >= 0.6 is 22.7 Å². The fraction of sp³-hybridized carbons (Fsp3) is 0.409. The molecule has 0 bridgehead atoms. The molecule has 1 spiro atoms. The van der Waals surface area contributed by atoms with Crippen molar-refractivity contribution in [2.45, 2.75) is 77.2 Å². The molecule has 310 valence electrons. The van der Waals surface area contributed by atoms with Crippen molar-refractivity contribution in [3.05, 3.63) is 93.6 Å². The SMILES string of the molecule is Cc1ncsc1-c1ccc([C@H](C)NC(=O)N2CN(O)CN2C(=O)[C@@H](c2cc(N3CC4(CC(c5sc6nnc(-c7ccccc7O)cc6c5C5CC5)C4)C3)no2)C(C)C)cc1. The van der Waals surface area contributed by atoms with Crippen molar-refractivity contribution in [3.8, 4) is 27.4 Å². The van der Waals surface area contributed by atoms with Crippen LogP contribution in [0.1, 0.15) is 97.7 Å². The van der Waals surface area contributed by atoms with E-state index >= 15 is 0 Å². The first-order valence-electron chi connectivity index (χ1n) is 20.6. The Morgan fingerprint density at radius 2 is 1.72 bits per heavy atom. The van der Waals surface area contributed by atoms with Gasteiger partial charge in [0.05, 0.1) is 27.8 Å². The van der Waals surface area contributed by atoms with Gasteiger partial charge >= 0.3 is 6.03 Å². The number of hydrazine groups is 1. The number of aromatic nitrogens is 4. The Bertz CT molecular complexity index is 2590. The molecule has 0 unspecified atom stereocenters. The third-order valence-electron chi connectivity index (χ3n) is 12.7. The summed E-state index contributed by atoms with van der Waals surface area (Å²) in [6.07, 6.45) is 4.57. The molecule has 3 N–H and O–H groups in total. The van der Waals surface area contributed by atoms with Gasteiger partial charge in [-0.1, -0.05) is 55.4 Å². The van der Waals surface area contributed by atoms with E-state index in [0.717, 1.165) is 57.5 Å². The van der Waals surface area contributed by atoms with E-state index in [1.165, 1.54) is 38.7 Å². The summed E-state index contributed by atoms with van der Waals surface area (Å²) in [6, 6.07) is 18.4. The number of hydrogen-bond acceptors (Lipinski definition) is 13. The lowest BCUT2D eigenvalue weighted by Gasteiger charge is -2.59. The van der Waals surface area contributed by atoms with Crippen LogP contribution in [0.2, 0.25) is 0 Å². The molecule has 60 heavy (non-hydrogen) atoms. The van der Waals surface area contributed by atoms with Gasteiger partial charge < -0.3 is 25.1 Å². The van der Waals surface area contributed by atoms with Crippen LogP contribution in [0.5, 0.6) is 5.75 Å². The van der Waals surface area contributed by atoms with E-state index in [4.69, 9.17) is 4.52 Å². The van der Waals surface area contributed by atoms with E-state index in [0.29, 0.717) is 34.7 Å². The van der Waals surface area contributed by atoms with Crippen LogP contribution in [0.4, 0.5) is 10.6 Å². The minimum Gasteiger partial charge on any atom is -0.507 e. The number of nitrogens with one attached hydrogen (secondary N) is 1. The number of hydroxylamine groups is 2. The summed E-state index contributed by atoms with van der Waals surface area (Å²) in [7, 11) is 0. The van der Waals surface area contributed by atoms with Gasteiger partial charge in [0.15, 0.2) is 11.6 Å². The number of anilines is 1. The molecule has 6 aromatic rings. The number of phenols is 1. The number of hydrogen-bond donors (Lipinski definition) is 3.